The first-order valence-electron chi connectivity index (χ1n) is 7.02. The molecule has 0 bridgehead atoms. The van der Waals surface area contributed by atoms with E-state index in [9.17, 15) is 5.11 Å². The summed E-state index contributed by atoms with van der Waals surface area (Å²) in [5.41, 5.74) is 0.0877. The number of β-amino-alcohol motifs (C(OH)–C–C–N with tert-alkyl or cyclic N) is 1. The van der Waals surface area contributed by atoms with Crippen LogP contribution in [0.4, 0.5) is 0 Å². The summed E-state index contributed by atoms with van der Waals surface area (Å²) in [4.78, 5) is 2.34. The number of nitrogens with zero attached hydrogens (tertiary/aromatic N) is 1. The highest BCUT2D eigenvalue weighted by Gasteiger charge is 2.20. The maximum absolute atomic E-state index is 10.0. The minimum Gasteiger partial charge on any atom is -0.390 e. The molecular formula is C14H30N2O. The molecule has 0 aromatic heterocycles. The van der Waals surface area contributed by atoms with Gasteiger partial charge in [-0.2, -0.15) is 0 Å². The molecule has 1 fully saturated rings. The van der Waals surface area contributed by atoms with E-state index in [1.807, 2.05) is 0 Å². The topological polar surface area (TPSA) is 35.5 Å². The molecule has 1 unspecified atom stereocenters. The number of hydrogen-bond donors (Lipinski definition) is 2. The van der Waals surface area contributed by atoms with E-state index in [0.717, 1.165) is 6.54 Å². The molecule has 102 valence electrons. The minimum absolute atomic E-state index is 0.0877. The molecule has 0 aromatic carbocycles. The van der Waals surface area contributed by atoms with E-state index < -0.39 is 0 Å². The number of rotatable bonds is 5. The van der Waals surface area contributed by atoms with Crippen molar-refractivity contribution in [3.8, 4) is 0 Å². The smallest absolute Gasteiger partial charge is 0.0791 e. The Bertz CT molecular complexity index is 207. The van der Waals surface area contributed by atoms with Crippen LogP contribution in [0.5, 0.6) is 0 Å². The predicted octanol–water partition coefficient (Wildman–Crippen LogP) is 2.00. The van der Waals surface area contributed by atoms with E-state index in [1.54, 1.807) is 0 Å². The number of hydrogen-bond acceptors (Lipinski definition) is 3. The lowest BCUT2D eigenvalue weighted by atomic mass is 9.94. The zero-order valence-corrected chi connectivity index (χ0v) is 12.0. The fourth-order valence-electron chi connectivity index (χ4n) is 2.49. The molecular weight excluding hydrogens is 212 g/mol. The second-order valence-corrected chi connectivity index (χ2v) is 6.52. The Labute approximate surface area is 107 Å². The second kappa shape index (κ2) is 6.72. The van der Waals surface area contributed by atoms with Crippen LogP contribution in [0.3, 0.4) is 0 Å². The van der Waals surface area contributed by atoms with E-state index in [2.05, 4.69) is 38.0 Å². The van der Waals surface area contributed by atoms with Crippen LogP contribution in [0, 0.1) is 0 Å². The SMILES string of the molecule is CN(CC(O)CNC(C)(C)C)C1CCCCC1. The van der Waals surface area contributed by atoms with Crippen molar-refractivity contribution in [3.63, 3.8) is 0 Å². The van der Waals surface area contributed by atoms with Crippen molar-refractivity contribution in [2.24, 2.45) is 0 Å². The molecule has 3 heteroatoms. The van der Waals surface area contributed by atoms with Gasteiger partial charge in [-0.05, 0) is 40.7 Å². The molecule has 1 atom stereocenters. The third-order valence-electron chi connectivity index (χ3n) is 3.56. The molecule has 0 saturated heterocycles. The standard InChI is InChI=1S/C14H30N2O/c1-14(2,3)15-10-13(17)11-16(4)12-8-6-5-7-9-12/h12-13,15,17H,5-11H2,1-4H3. The number of nitrogens with one attached hydrogen (secondary N) is 1. The van der Waals surface area contributed by atoms with Crippen molar-refractivity contribution in [1.82, 2.24) is 10.2 Å². The van der Waals surface area contributed by atoms with Gasteiger partial charge in [0.15, 0.2) is 0 Å². The normalized spacial score (nSPS) is 20.8. The lowest BCUT2D eigenvalue weighted by molar-refractivity contribution is 0.0862. The summed E-state index contributed by atoms with van der Waals surface area (Å²) in [5.74, 6) is 0. The Morgan fingerprint density at radius 2 is 1.82 bits per heavy atom. The largest absolute Gasteiger partial charge is 0.390 e. The molecule has 0 radical (unpaired) electrons. The fraction of sp³-hybridized carbons (Fsp3) is 1.00. The molecule has 1 saturated carbocycles. The molecule has 0 amide bonds. The maximum atomic E-state index is 10.0. The van der Waals surface area contributed by atoms with Gasteiger partial charge in [0.1, 0.15) is 0 Å². The van der Waals surface area contributed by atoms with Gasteiger partial charge in [-0.15, -0.1) is 0 Å². The van der Waals surface area contributed by atoms with Gasteiger partial charge in [0.05, 0.1) is 6.10 Å². The average Bonchev–Trinajstić information content (AvgIpc) is 2.27. The van der Waals surface area contributed by atoms with Crippen molar-refractivity contribution in [2.75, 3.05) is 20.1 Å². The molecule has 1 aliphatic carbocycles. The quantitative estimate of drug-likeness (QED) is 0.774. The Morgan fingerprint density at radius 3 is 2.35 bits per heavy atom. The molecule has 1 rings (SSSR count). The van der Waals surface area contributed by atoms with E-state index in [4.69, 9.17) is 0 Å². The lowest BCUT2D eigenvalue weighted by Crippen LogP contribution is -2.46. The van der Waals surface area contributed by atoms with Gasteiger partial charge in [-0.3, -0.25) is 0 Å². The Morgan fingerprint density at radius 1 is 1.24 bits per heavy atom. The maximum Gasteiger partial charge on any atom is 0.0791 e. The first-order chi connectivity index (χ1) is 7.88. The summed E-state index contributed by atoms with van der Waals surface area (Å²) >= 11 is 0. The first kappa shape index (κ1) is 14.9. The van der Waals surface area contributed by atoms with Crippen molar-refractivity contribution < 1.29 is 5.11 Å². The van der Waals surface area contributed by atoms with Crippen LogP contribution in [-0.2, 0) is 0 Å². The molecule has 0 aromatic rings. The van der Waals surface area contributed by atoms with Crippen molar-refractivity contribution in [3.05, 3.63) is 0 Å². The monoisotopic (exact) mass is 242 g/mol. The van der Waals surface area contributed by atoms with Crippen LogP contribution in [0.25, 0.3) is 0 Å². The van der Waals surface area contributed by atoms with Gasteiger partial charge in [0.2, 0.25) is 0 Å². The Balaban J connectivity index is 2.22. The summed E-state index contributed by atoms with van der Waals surface area (Å²) in [6, 6.07) is 0.688. The third kappa shape index (κ3) is 6.39. The molecule has 3 nitrogen and oxygen atoms in total. The lowest BCUT2D eigenvalue weighted by Gasteiger charge is -2.33. The van der Waals surface area contributed by atoms with Crippen LogP contribution in [0.1, 0.15) is 52.9 Å². The van der Waals surface area contributed by atoms with Gasteiger partial charge in [0, 0.05) is 24.7 Å². The van der Waals surface area contributed by atoms with Crippen LogP contribution >= 0.6 is 0 Å². The van der Waals surface area contributed by atoms with Crippen LogP contribution in [0.15, 0.2) is 0 Å². The summed E-state index contributed by atoms with van der Waals surface area (Å²) < 4.78 is 0. The average molecular weight is 242 g/mol. The Kier molecular flexibility index (Phi) is 5.90. The van der Waals surface area contributed by atoms with Gasteiger partial charge < -0.3 is 15.3 Å². The van der Waals surface area contributed by atoms with Gasteiger partial charge in [-0.25, -0.2) is 0 Å². The van der Waals surface area contributed by atoms with Crippen LogP contribution in [0.2, 0.25) is 0 Å². The third-order valence-corrected chi connectivity index (χ3v) is 3.56. The highest BCUT2D eigenvalue weighted by atomic mass is 16.3. The van der Waals surface area contributed by atoms with E-state index >= 15 is 0 Å². The van der Waals surface area contributed by atoms with Crippen molar-refractivity contribution in [2.45, 2.75) is 70.6 Å². The molecule has 2 N–H and O–H groups in total. The van der Waals surface area contributed by atoms with Crippen LogP contribution in [-0.4, -0.2) is 47.8 Å². The summed E-state index contributed by atoms with van der Waals surface area (Å²) in [6.07, 6.45) is 6.43. The number of aliphatic hydroxyl groups excluding tert-OH is 1. The zero-order chi connectivity index (χ0) is 12.9. The minimum atomic E-state index is -0.263. The fourth-order valence-corrected chi connectivity index (χ4v) is 2.49. The zero-order valence-electron chi connectivity index (χ0n) is 12.0. The summed E-state index contributed by atoms with van der Waals surface area (Å²) in [6.45, 7) is 7.86. The van der Waals surface area contributed by atoms with Crippen LogP contribution < -0.4 is 5.32 Å². The second-order valence-electron chi connectivity index (χ2n) is 6.52. The molecule has 0 spiro atoms. The summed E-state index contributed by atoms with van der Waals surface area (Å²) in [7, 11) is 2.15. The highest BCUT2D eigenvalue weighted by molar-refractivity contribution is 4.78. The van der Waals surface area contributed by atoms with Gasteiger partial charge in [0.25, 0.3) is 0 Å². The van der Waals surface area contributed by atoms with Gasteiger partial charge in [-0.1, -0.05) is 19.3 Å². The number of likely N-dealkylation sites (N-methyl/N-ethyl adjacent to an activating group) is 1. The molecule has 1 aliphatic rings. The first-order valence-corrected chi connectivity index (χ1v) is 7.02. The van der Waals surface area contributed by atoms with E-state index in [0.29, 0.717) is 12.6 Å². The molecule has 0 heterocycles. The summed E-state index contributed by atoms with van der Waals surface area (Å²) in [5, 5.41) is 13.4. The predicted molar refractivity (Wildman–Crippen MR) is 73.3 cm³/mol. The molecule has 0 aliphatic heterocycles. The van der Waals surface area contributed by atoms with Crippen molar-refractivity contribution in [1.29, 1.82) is 0 Å². The van der Waals surface area contributed by atoms with Gasteiger partial charge >= 0.3 is 0 Å². The highest BCUT2D eigenvalue weighted by Crippen LogP contribution is 2.21. The molecule has 17 heavy (non-hydrogen) atoms. The Hall–Kier alpha value is -0.120. The number of aliphatic hydroxyl groups is 1. The van der Waals surface area contributed by atoms with E-state index in [-0.39, 0.29) is 11.6 Å². The van der Waals surface area contributed by atoms with Crippen molar-refractivity contribution >= 4 is 0 Å². The van der Waals surface area contributed by atoms with E-state index in [1.165, 1.54) is 32.1 Å².